The molecule has 1 N–H and O–H groups in total. The molecule has 0 aliphatic heterocycles. The first-order valence-corrected chi connectivity index (χ1v) is 7.79. The van der Waals surface area contributed by atoms with Crippen LogP contribution in [0.1, 0.15) is 5.56 Å². The summed E-state index contributed by atoms with van der Waals surface area (Å²) in [6.45, 7) is 0. The molecule has 18 heavy (non-hydrogen) atoms. The SMILES string of the molecule is Cn1ccc(NS(=O)(=O)c2ccc(CBr)cc2)n1. The van der Waals surface area contributed by atoms with Gasteiger partial charge in [-0.15, -0.1) is 0 Å². The second-order valence-corrected chi connectivity index (χ2v) is 6.00. The fraction of sp³-hybridized carbons (Fsp3) is 0.182. The van der Waals surface area contributed by atoms with Gasteiger partial charge in [-0.1, -0.05) is 28.1 Å². The molecule has 5 nitrogen and oxygen atoms in total. The van der Waals surface area contributed by atoms with Gasteiger partial charge in [0.1, 0.15) is 0 Å². The van der Waals surface area contributed by atoms with Crippen molar-refractivity contribution in [2.45, 2.75) is 10.2 Å². The summed E-state index contributed by atoms with van der Waals surface area (Å²) in [6.07, 6.45) is 1.67. The van der Waals surface area contributed by atoms with Gasteiger partial charge in [0.2, 0.25) is 0 Å². The number of hydrogen-bond acceptors (Lipinski definition) is 3. The van der Waals surface area contributed by atoms with Gasteiger partial charge in [0.05, 0.1) is 4.90 Å². The van der Waals surface area contributed by atoms with Gasteiger partial charge in [0, 0.05) is 24.6 Å². The van der Waals surface area contributed by atoms with E-state index in [1.54, 1.807) is 43.6 Å². The summed E-state index contributed by atoms with van der Waals surface area (Å²) in [5.41, 5.74) is 1.02. The van der Waals surface area contributed by atoms with Gasteiger partial charge in [-0.3, -0.25) is 9.40 Å². The fourth-order valence-electron chi connectivity index (χ4n) is 1.42. The zero-order valence-corrected chi connectivity index (χ0v) is 12.1. The maximum absolute atomic E-state index is 12.0. The molecule has 1 aromatic carbocycles. The van der Waals surface area contributed by atoms with E-state index >= 15 is 0 Å². The lowest BCUT2D eigenvalue weighted by Crippen LogP contribution is -2.13. The number of sulfonamides is 1. The summed E-state index contributed by atoms with van der Waals surface area (Å²) in [5.74, 6) is 0.307. The van der Waals surface area contributed by atoms with E-state index in [4.69, 9.17) is 0 Å². The number of aromatic nitrogens is 2. The quantitative estimate of drug-likeness (QED) is 0.874. The zero-order chi connectivity index (χ0) is 13.2. The molecular formula is C11H12BrN3O2S. The average Bonchev–Trinajstić information content (AvgIpc) is 2.74. The van der Waals surface area contributed by atoms with E-state index < -0.39 is 10.0 Å². The molecule has 0 amide bonds. The van der Waals surface area contributed by atoms with Gasteiger partial charge < -0.3 is 0 Å². The van der Waals surface area contributed by atoms with Crippen molar-refractivity contribution in [2.24, 2.45) is 7.05 Å². The summed E-state index contributed by atoms with van der Waals surface area (Å²) >= 11 is 3.31. The minimum Gasteiger partial charge on any atom is -0.274 e. The molecule has 0 radical (unpaired) electrons. The monoisotopic (exact) mass is 329 g/mol. The third-order valence-electron chi connectivity index (χ3n) is 2.34. The molecular weight excluding hydrogens is 318 g/mol. The van der Waals surface area contributed by atoms with E-state index in [9.17, 15) is 8.42 Å². The van der Waals surface area contributed by atoms with E-state index in [1.165, 1.54) is 4.68 Å². The first kappa shape index (κ1) is 13.1. The van der Waals surface area contributed by atoms with Crippen LogP contribution < -0.4 is 4.72 Å². The molecule has 2 rings (SSSR count). The van der Waals surface area contributed by atoms with Crippen LogP contribution in [-0.2, 0) is 22.4 Å². The minimum atomic E-state index is -3.57. The molecule has 0 fully saturated rings. The molecule has 96 valence electrons. The van der Waals surface area contributed by atoms with Crippen LogP contribution in [0.25, 0.3) is 0 Å². The second kappa shape index (κ2) is 5.11. The van der Waals surface area contributed by atoms with Crippen LogP contribution in [0.5, 0.6) is 0 Å². The Morgan fingerprint density at radius 3 is 2.44 bits per heavy atom. The van der Waals surface area contributed by atoms with Crippen LogP contribution in [-0.4, -0.2) is 18.2 Å². The van der Waals surface area contributed by atoms with Crippen LogP contribution in [0.15, 0.2) is 41.4 Å². The molecule has 0 saturated carbocycles. The molecule has 0 aliphatic rings. The average molecular weight is 330 g/mol. The maximum atomic E-state index is 12.0. The molecule has 2 aromatic rings. The van der Waals surface area contributed by atoms with Crippen LogP contribution in [0, 0.1) is 0 Å². The Morgan fingerprint density at radius 2 is 1.94 bits per heavy atom. The Bertz CT molecular complexity index is 635. The Hall–Kier alpha value is -1.34. The van der Waals surface area contributed by atoms with Gasteiger partial charge in [0.15, 0.2) is 5.82 Å². The molecule has 1 aromatic heterocycles. The lowest BCUT2D eigenvalue weighted by Gasteiger charge is -2.05. The Morgan fingerprint density at radius 1 is 1.28 bits per heavy atom. The topological polar surface area (TPSA) is 64.0 Å². The van der Waals surface area contributed by atoms with Gasteiger partial charge in [-0.25, -0.2) is 8.42 Å². The summed E-state index contributed by atoms with van der Waals surface area (Å²) in [5, 5.41) is 4.67. The largest absolute Gasteiger partial charge is 0.274 e. The third kappa shape index (κ3) is 2.91. The first-order valence-electron chi connectivity index (χ1n) is 5.18. The van der Waals surface area contributed by atoms with Crippen molar-refractivity contribution in [1.29, 1.82) is 0 Å². The molecule has 0 saturated heterocycles. The summed E-state index contributed by atoms with van der Waals surface area (Å²) < 4.78 is 28.0. The van der Waals surface area contributed by atoms with Gasteiger partial charge in [0.25, 0.3) is 10.0 Å². The number of hydrogen-bond donors (Lipinski definition) is 1. The fourth-order valence-corrected chi connectivity index (χ4v) is 2.79. The van der Waals surface area contributed by atoms with E-state index in [0.29, 0.717) is 11.1 Å². The van der Waals surface area contributed by atoms with E-state index in [2.05, 4.69) is 25.8 Å². The van der Waals surface area contributed by atoms with Crippen molar-refractivity contribution in [3.63, 3.8) is 0 Å². The van der Waals surface area contributed by atoms with Crippen molar-refractivity contribution in [3.05, 3.63) is 42.1 Å². The number of nitrogens with zero attached hydrogens (tertiary/aromatic N) is 2. The molecule has 0 atom stereocenters. The molecule has 7 heteroatoms. The van der Waals surface area contributed by atoms with Crippen molar-refractivity contribution in [2.75, 3.05) is 4.72 Å². The number of nitrogens with one attached hydrogen (secondary N) is 1. The Labute approximate surface area is 114 Å². The Kier molecular flexibility index (Phi) is 3.72. The van der Waals surface area contributed by atoms with Crippen LogP contribution in [0.4, 0.5) is 5.82 Å². The number of alkyl halides is 1. The van der Waals surface area contributed by atoms with Crippen LogP contribution in [0.2, 0.25) is 0 Å². The van der Waals surface area contributed by atoms with Crippen LogP contribution in [0.3, 0.4) is 0 Å². The first-order chi connectivity index (χ1) is 8.51. The predicted molar refractivity (Wildman–Crippen MR) is 73.1 cm³/mol. The van der Waals surface area contributed by atoms with E-state index in [-0.39, 0.29) is 4.90 Å². The van der Waals surface area contributed by atoms with Crippen molar-refractivity contribution >= 4 is 31.8 Å². The molecule has 1 heterocycles. The smallest absolute Gasteiger partial charge is 0.263 e. The molecule has 0 aliphatic carbocycles. The summed E-state index contributed by atoms with van der Waals surface area (Å²) in [7, 11) is -1.84. The van der Waals surface area contributed by atoms with Crippen molar-refractivity contribution < 1.29 is 8.42 Å². The highest BCUT2D eigenvalue weighted by Gasteiger charge is 2.14. The summed E-state index contributed by atoms with van der Waals surface area (Å²) in [6, 6.07) is 8.28. The minimum absolute atomic E-state index is 0.220. The van der Waals surface area contributed by atoms with Gasteiger partial charge in [-0.05, 0) is 17.7 Å². The Balaban J connectivity index is 2.24. The molecule has 0 spiro atoms. The van der Waals surface area contributed by atoms with Gasteiger partial charge >= 0.3 is 0 Å². The number of anilines is 1. The van der Waals surface area contributed by atoms with E-state index in [1.807, 2.05) is 0 Å². The number of aryl methyl sites for hydroxylation is 1. The van der Waals surface area contributed by atoms with E-state index in [0.717, 1.165) is 5.56 Å². The van der Waals surface area contributed by atoms with Crippen molar-refractivity contribution in [3.8, 4) is 0 Å². The summed E-state index contributed by atoms with van der Waals surface area (Å²) in [4.78, 5) is 0.220. The van der Waals surface area contributed by atoms with Crippen molar-refractivity contribution in [1.82, 2.24) is 9.78 Å². The lowest BCUT2D eigenvalue weighted by atomic mass is 10.2. The second-order valence-electron chi connectivity index (χ2n) is 3.76. The third-order valence-corrected chi connectivity index (χ3v) is 4.36. The highest BCUT2D eigenvalue weighted by Crippen LogP contribution is 2.16. The highest BCUT2D eigenvalue weighted by molar-refractivity contribution is 9.08. The molecule has 0 unspecified atom stereocenters. The zero-order valence-electron chi connectivity index (χ0n) is 9.67. The number of benzene rings is 1. The number of halogens is 1. The number of rotatable bonds is 4. The normalized spacial score (nSPS) is 11.4. The maximum Gasteiger partial charge on any atom is 0.263 e. The van der Waals surface area contributed by atoms with Crippen LogP contribution >= 0.6 is 15.9 Å². The standard InChI is InChI=1S/C11H12BrN3O2S/c1-15-7-6-11(13-15)14-18(16,17)10-4-2-9(8-12)3-5-10/h2-7H,8H2,1H3,(H,13,14). The lowest BCUT2D eigenvalue weighted by molar-refractivity contribution is 0.601. The van der Waals surface area contributed by atoms with Gasteiger partial charge in [-0.2, -0.15) is 5.10 Å². The molecule has 0 bridgehead atoms. The predicted octanol–water partition coefficient (Wildman–Crippen LogP) is 2.12. The highest BCUT2D eigenvalue weighted by atomic mass is 79.9.